The molecule has 0 saturated heterocycles. The van der Waals surface area contributed by atoms with Gasteiger partial charge in [0.1, 0.15) is 0 Å². The van der Waals surface area contributed by atoms with E-state index in [9.17, 15) is 4.79 Å². The normalized spacial score (nSPS) is 11.0. The number of carbonyl (C=O) groups is 1. The second-order valence-corrected chi connectivity index (χ2v) is 5.72. The Bertz CT molecular complexity index is 1070. The lowest BCUT2D eigenvalue weighted by Crippen LogP contribution is -2.09. The van der Waals surface area contributed by atoms with Crippen LogP contribution in [0.25, 0.3) is 22.0 Å². The van der Waals surface area contributed by atoms with Crippen molar-refractivity contribution in [2.75, 3.05) is 5.73 Å². The Morgan fingerprint density at radius 3 is 2.68 bits per heavy atom. The van der Waals surface area contributed by atoms with E-state index in [2.05, 4.69) is 10.2 Å². The summed E-state index contributed by atoms with van der Waals surface area (Å²) >= 11 is 0. The molecule has 124 valence electrons. The molecule has 0 bridgehead atoms. The van der Waals surface area contributed by atoms with Crippen LogP contribution in [0.1, 0.15) is 5.56 Å². The molecule has 7 nitrogen and oxygen atoms in total. The SMILES string of the molecule is Nc1nn(C(=O)O)c2ccc(-c3cnn(Cc4ccccc4)c3)cc12. The Hall–Kier alpha value is -3.61. The van der Waals surface area contributed by atoms with Crippen LogP contribution in [-0.2, 0) is 6.54 Å². The van der Waals surface area contributed by atoms with Gasteiger partial charge in [-0.3, -0.25) is 4.68 Å². The smallest absolute Gasteiger partial charge is 0.432 e. The molecule has 0 atom stereocenters. The number of nitrogens with two attached hydrogens (primary N) is 1. The lowest BCUT2D eigenvalue weighted by atomic mass is 10.1. The third kappa shape index (κ3) is 2.72. The number of nitrogen functional groups attached to an aromatic ring is 1. The van der Waals surface area contributed by atoms with Crippen molar-refractivity contribution < 1.29 is 9.90 Å². The van der Waals surface area contributed by atoms with Crippen LogP contribution in [0, 0.1) is 0 Å². The summed E-state index contributed by atoms with van der Waals surface area (Å²) < 4.78 is 2.74. The van der Waals surface area contributed by atoms with Gasteiger partial charge < -0.3 is 10.8 Å². The minimum atomic E-state index is -1.16. The summed E-state index contributed by atoms with van der Waals surface area (Å²) in [6.45, 7) is 0.683. The molecule has 0 fully saturated rings. The van der Waals surface area contributed by atoms with Gasteiger partial charge in [0.2, 0.25) is 0 Å². The van der Waals surface area contributed by atoms with Crippen LogP contribution in [0.2, 0.25) is 0 Å². The Balaban J connectivity index is 1.68. The first-order valence-corrected chi connectivity index (χ1v) is 7.70. The van der Waals surface area contributed by atoms with Gasteiger partial charge in [0.05, 0.1) is 18.3 Å². The van der Waals surface area contributed by atoms with Crippen molar-refractivity contribution >= 4 is 22.8 Å². The number of fused-ring (bicyclic) bond motifs is 1. The maximum Gasteiger partial charge on any atom is 0.432 e. The van der Waals surface area contributed by atoms with Crippen LogP contribution >= 0.6 is 0 Å². The zero-order chi connectivity index (χ0) is 17.4. The van der Waals surface area contributed by atoms with Crippen molar-refractivity contribution in [3.8, 4) is 11.1 Å². The fraction of sp³-hybridized carbons (Fsp3) is 0.0556. The van der Waals surface area contributed by atoms with Crippen molar-refractivity contribution in [3.05, 3.63) is 66.5 Å². The van der Waals surface area contributed by atoms with Crippen LogP contribution < -0.4 is 5.73 Å². The van der Waals surface area contributed by atoms with E-state index >= 15 is 0 Å². The molecule has 0 aliphatic rings. The van der Waals surface area contributed by atoms with E-state index in [1.807, 2.05) is 53.3 Å². The van der Waals surface area contributed by atoms with Gasteiger partial charge in [-0.2, -0.15) is 9.78 Å². The molecule has 3 N–H and O–H groups in total. The fourth-order valence-electron chi connectivity index (χ4n) is 2.84. The average Bonchev–Trinajstić information content (AvgIpc) is 3.20. The third-order valence-corrected chi connectivity index (χ3v) is 4.04. The first-order chi connectivity index (χ1) is 12.1. The second-order valence-electron chi connectivity index (χ2n) is 5.72. The minimum Gasteiger partial charge on any atom is -0.463 e. The van der Waals surface area contributed by atoms with E-state index < -0.39 is 6.09 Å². The summed E-state index contributed by atoms with van der Waals surface area (Å²) in [4.78, 5) is 11.2. The minimum absolute atomic E-state index is 0.191. The molecule has 0 amide bonds. The molecule has 0 aliphatic carbocycles. The number of anilines is 1. The van der Waals surface area contributed by atoms with Crippen LogP contribution in [0.15, 0.2) is 60.9 Å². The van der Waals surface area contributed by atoms with Crippen molar-refractivity contribution in [2.45, 2.75) is 6.54 Å². The Kier molecular flexibility index (Phi) is 3.46. The highest BCUT2D eigenvalue weighted by Crippen LogP contribution is 2.27. The summed E-state index contributed by atoms with van der Waals surface area (Å²) in [5, 5.41) is 18.0. The molecule has 0 radical (unpaired) electrons. The summed E-state index contributed by atoms with van der Waals surface area (Å²) in [6.07, 6.45) is 2.57. The van der Waals surface area contributed by atoms with Crippen molar-refractivity contribution in [1.82, 2.24) is 19.6 Å². The van der Waals surface area contributed by atoms with Crippen molar-refractivity contribution in [2.24, 2.45) is 0 Å². The highest BCUT2D eigenvalue weighted by atomic mass is 16.4. The van der Waals surface area contributed by atoms with E-state index in [1.54, 1.807) is 12.3 Å². The van der Waals surface area contributed by atoms with Crippen molar-refractivity contribution in [1.29, 1.82) is 0 Å². The van der Waals surface area contributed by atoms with Gasteiger partial charge >= 0.3 is 6.09 Å². The standard InChI is InChI=1S/C18H15N5O2/c19-17-15-8-13(6-7-16(15)23(21-17)18(24)25)14-9-20-22(11-14)10-12-4-2-1-3-5-12/h1-9,11H,10H2,(H2,19,21)(H,24,25). The highest BCUT2D eigenvalue weighted by Gasteiger charge is 2.14. The van der Waals surface area contributed by atoms with Gasteiger partial charge in [-0.25, -0.2) is 4.79 Å². The van der Waals surface area contributed by atoms with E-state index in [4.69, 9.17) is 10.8 Å². The summed E-state index contributed by atoms with van der Waals surface area (Å²) in [5.41, 5.74) is 9.32. The maximum absolute atomic E-state index is 11.2. The highest BCUT2D eigenvalue weighted by molar-refractivity contribution is 5.96. The van der Waals surface area contributed by atoms with Gasteiger partial charge in [-0.1, -0.05) is 36.4 Å². The Labute approximate surface area is 142 Å². The lowest BCUT2D eigenvalue weighted by Gasteiger charge is -2.01. The molecule has 0 spiro atoms. The fourth-order valence-corrected chi connectivity index (χ4v) is 2.84. The topological polar surface area (TPSA) is 99.0 Å². The molecule has 4 rings (SSSR count). The molecule has 4 aromatic rings. The number of benzene rings is 2. The first kappa shape index (κ1) is 14.9. The predicted molar refractivity (Wildman–Crippen MR) is 94.3 cm³/mol. The average molecular weight is 333 g/mol. The third-order valence-electron chi connectivity index (χ3n) is 4.04. The second kappa shape index (κ2) is 5.79. The predicted octanol–water partition coefficient (Wildman–Crippen LogP) is 3.06. The van der Waals surface area contributed by atoms with Gasteiger partial charge in [-0.05, 0) is 23.3 Å². The van der Waals surface area contributed by atoms with Gasteiger partial charge in [0.15, 0.2) is 5.82 Å². The summed E-state index contributed by atoms with van der Waals surface area (Å²) in [7, 11) is 0. The zero-order valence-electron chi connectivity index (χ0n) is 13.2. The molecule has 0 aliphatic heterocycles. The van der Waals surface area contributed by atoms with Crippen LogP contribution in [0.5, 0.6) is 0 Å². The largest absolute Gasteiger partial charge is 0.463 e. The van der Waals surface area contributed by atoms with Crippen LogP contribution in [0.3, 0.4) is 0 Å². The first-order valence-electron chi connectivity index (χ1n) is 7.70. The van der Waals surface area contributed by atoms with E-state index in [0.29, 0.717) is 17.4 Å². The molecule has 7 heteroatoms. The maximum atomic E-state index is 11.2. The number of hydrogen-bond donors (Lipinski definition) is 2. The number of aromatic nitrogens is 4. The van der Waals surface area contributed by atoms with Gasteiger partial charge in [0, 0.05) is 17.1 Å². The number of nitrogens with zero attached hydrogens (tertiary/aromatic N) is 4. The zero-order valence-corrected chi connectivity index (χ0v) is 13.2. The van der Waals surface area contributed by atoms with Crippen LogP contribution in [0.4, 0.5) is 10.6 Å². The van der Waals surface area contributed by atoms with E-state index in [0.717, 1.165) is 15.8 Å². The summed E-state index contributed by atoms with van der Waals surface area (Å²) in [5.74, 6) is 0.191. The summed E-state index contributed by atoms with van der Waals surface area (Å²) in [6, 6.07) is 15.5. The number of rotatable bonds is 3. The number of hydrogen-bond acceptors (Lipinski definition) is 4. The molecule has 2 heterocycles. The molecular formula is C18H15N5O2. The Morgan fingerprint density at radius 1 is 1.12 bits per heavy atom. The van der Waals surface area contributed by atoms with Crippen molar-refractivity contribution in [3.63, 3.8) is 0 Å². The molecule has 0 unspecified atom stereocenters. The van der Waals surface area contributed by atoms with Gasteiger partial charge in [0.25, 0.3) is 0 Å². The molecule has 2 aromatic heterocycles. The lowest BCUT2D eigenvalue weighted by molar-refractivity contribution is 0.194. The molecule has 2 aromatic carbocycles. The quantitative estimate of drug-likeness (QED) is 0.600. The monoisotopic (exact) mass is 333 g/mol. The van der Waals surface area contributed by atoms with Crippen LogP contribution in [-0.4, -0.2) is 30.8 Å². The molecule has 0 saturated carbocycles. The molecule has 25 heavy (non-hydrogen) atoms. The Morgan fingerprint density at radius 2 is 1.92 bits per heavy atom. The molecular weight excluding hydrogens is 318 g/mol. The van der Waals surface area contributed by atoms with Gasteiger partial charge in [-0.15, -0.1) is 5.10 Å². The van der Waals surface area contributed by atoms with E-state index in [-0.39, 0.29) is 5.82 Å². The number of carboxylic acid groups (broad SMARTS) is 1. The van der Waals surface area contributed by atoms with E-state index in [1.165, 1.54) is 5.56 Å².